The maximum absolute atomic E-state index is 5.27. The summed E-state index contributed by atoms with van der Waals surface area (Å²) < 4.78 is 5.27. The summed E-state index contributed by atoms with van der Waals surface area (Å²) >= 11 is 0. The van der Waals surface area contributed by atoms with E-state index in [1.165, 1.54) is 12.0 Å². The van der Waals surface area contributed by atoms with Crippen LogP contribution in [0.4, 0.5) is 0 Å². The molecule has 1 atom stereocenters. The topological polar surface area (TPSA) is 37.4 Å². The zero-order chi connectivity index (χ0) is 17.5. The summed E-state index contributed by atoms with van der Waals surface area (Å²) in [4.78, 5) is 7.05. The summed E-state index contributed by atoms with van der Waals surface area (Å²) in [5.41, 5.74) is 2.85. The van der Waals surface area contributed by atoms with Gasteiger partial charge in [-0.1, -0.05) is 25.1 Å². The van der Waals surface area contributed by atoms with Gasteiger partial charge in [-0.05, 0) is 48.2 Å². The van der Waals surface area contributed by atoms with Gasteiger partial charge in [0.2, 0.25) is 0 Å². The number of nitrogens with zero attached hydrogens (tertiary/aromatic N) is 2. The second-order valence-electron chi connectivity index (χ2n) is 7.37. The highest BCUT2D eigenvalue weighted by Crippen LogP contribution is 2.26. The molecule has 0 spiro atoms. The van der Waals surface area contributed by atoms with Gasteiger partial charge in [0, 0.05) is 44.5 Å². The molecule has 1 aromatic carbocycles. The number of hydrogen-bond acceptors (Lipinski definition) is 4. The Morgan fingerprint density at radius 3 is 2.68 bits per heavy atom. The number of rotatable bonds is 8. The largest absolute Gasteiger partial charge is 0.497 e. The lowest BCUT2D eigenvalue weighted by Crippen LogP contribution is -2.38. The zero-order valence-corrected chi connectivity index (χ0v) is 15.4. The van der Waals surface area contributed by atoms with Gasteiger partial charge < -0.3 is 10.1 Å². The molecular formula is C21H29N3O. The fourth-order valence-corrected chi connectivity index (χ4v) is 3.57. The third kappa shape index (κ3) is 5.28. The molecule has 0 amide bonds. The molecule has 2 aromatic rings. The third-order valence-corrected chi connectivity index (χ3v) is 5.04. The van der Waals surface area contributed by atoms with Gasteiger partial charge in [-0.2, -0.15) is 0 Å². The molecule has 1 aliphatic heterocycles. The summed E-state index contributed by atoms with van der Waals surface area (Å²) in [7, 11) is 1.71. The van der Waals surface area contributed by atoms with E-state index < -0.39 is 0 Å². The summed E-state index contributed by atoms with van der Waals surface area (Å²) in [6, 6.07) is 14.6. The minimum absolute atomic E-state index is 0.358. The first-order valence-corrected chi connectivity index (χ1v) is 9.13. The van der Waals surface area contributed by atoms with Crippen molar-refractivity contribution in [2.24, 2.45) is 5.41 Å². The van der Waals surface area contributed by atoms with Crippen LogP contribution in [0.3, 0.4) is 0 Å². The van der Waals surface area contributed by atoms with Crippen molar-refractivity contribution in [1.29, 1.82) is 0 Å². The lowest BCUT2D eigenvalue weighted by Gasteiger charge is -2.32. The summed E-state index contributed by atoms with van der Waals surface area (Å²) in [5, 5.41) is 3.52. The molecule has 1 aromatic heterocycles. The van der Waals surface area contributed by atoms with E-state index in [1.54, 1.807) is 7.11 Å². The molecule has 1 saturated heterocycles. The molecule has 134 valence electrons. The maximum atomic E-state index is 5.27. The Labute approximate surface area is 151 Å². The van der Waals surface area contributed by atoms with Gasteiger partial charge in [-0.3, -0.25) is 9.88 Å². The van der Waals surface area contributed by atoms with Gasteiger partial charge in [0.1, 0.15) is 5.75 Å². The van der Waals surface area contributed by atoms with E-state index in [0.717, 1.165) is 50.6 Å². The maximum Gasteiger partial charge on any atom is 0.118 e. The van der Waals surface area contributed by atoms with E-state index in [1.807, 2.05) is 24.4 Å². The van der Waals surface area contributed by atoms with Crippen molar-refractivity contribution in [3.8, 4) is 5.75 Å². The Morgan fingerprint density at radius 2 is 2.04 bits per heavy atom. The van der Waals surface area contributed by atoms with Gasteiger partial charge in [0.05, 0.1) is 7.11 Å². The Hall–Kier alpha value is -1.91. The molecule has 2 heterocycles. The molecule has 4 nitrogen and oxygen atoms in total. The van der Waals surface area contributed by atoms with Crippen LogP contribution in [0.15, 0.2) is 48.7 Å². The first-order valence-electron chi connectivity index (χ1n) is 9.13. The van der Waals surface area contributed by atoms with E-state index >= 15 is 0 Å². The van der Waals surface area contributed by atoms with Crippen molar-refractivity contribution in [3.05, 3.63) is 59.9 Å². The fourth-order valence-electron chi connectivity index (χ4n) is 3.57. The number of pyridine rings is 1. The van der Waals surface area contributed by atoms with Crippen LogP contribution in [0.1, 0.15) is 24.6 Å². The average molecular weight is 339 g/mol. The standard InChI is InChI=1S/C21H29N3O/c1-21(11-13-22-16-21)17-24(14-10-19-5-3-4-12-23-19)15-18-6-8-20(25-2)9-7-18/h3-9,12,22H,10-11,13-17H2,1-2H3. The molecule has 25 heavy (non-hydrogen) atoms. The molecule has 0 aliphatic carbocycles. The molecule has 3 rings (SSSR count). The number of hydrogen-bond donors (Lipinski definition) is 1. The van der Waals surface area contributed by atoms with E-state index in [-0.39, 0.29) is 0 Å². The van der Waals surface area contributed by atoms with Crippen LogP contribution in [0.2, 0.25) is 0 Å². The minimum atomic E-state index is 0.358. The van der Waals surface area contributed by atoms with Crippen LogP contribution >= 0.6 is 0 Å². The summed E-state index contributed by atoms with van der Waals surface area (Å²) in [6.45, 7) is 7.74. The molecular weight excluding hydrogens is 310 g/mol. The van der Waals surface area contributed by atoms with Gasteiger partial charge in [0.25, 0.3) is 0 Å². The molecule has 4 heteroatoms. The van der Waals surface area contributed by atoms with Crippen molar-refractivity contribution in [3.63, 3.8) is 0 Å². The highest BCUT2D eigenvalue weighted by atomic mass is 16.5. The average Bonchev–Trinajstić information content (AvgIpc) is 3.07. The van der Waals surface area contributed by atoms with Gasteiger partial charge >= 0.3 is 0 Å². The van der Waals surface area contributed by atoms with Crippen molar-refractivity contribution in [2.45, 2.75) is 26.3 Å². The van der Waals surface area contributed by atoms with Gasteiger partial charge in [-0.25, -0.2) is 0 Å². The van der Waals surface area contributed by atoms with Gasteiger partial charge in [0.15, 0.2) is 0 Å². The van der Waals surface area contributed by atoms with Crippen LogP contribution in [0.5, 0.6) is 5.75 Å². The number of nitrogens with one attached hydrogen (secondary N) is 1. The van der Waals surface area contributed by atoms with Crippen LogP contribution in [-0.4, -0.2) is 43.2 Å². The lowest BCUT2D eigenvalue weighted by molar-refractivity contribution is 0.172. The molecule has 0 radical (unpaired) electrons. The van der Waals surface area contributed by atoms with E-state index in [9.17, 15) is 0 Å². The van der Waals surface area contributed by atoms with Crippen molar-refractivity contribution >= 4 is 0 Å². The summed E-state index contributed by atoms with van der Waals surface area (Å²) in [5.74, 6) is 0.913. The van der Waals surface area contributed by atoms with Crippen LogP contribution in [0, 0.1) is 5.41 Å². The van der Waals surface area contributed by atoms with Crippen molar-refractivity contribution in [2.75, 3.05) is 33.3 Å². The highest BCUT2D eigenvalue weighted by Gasteiger charge is 2.30. The number of aromatic nitrogens is 1. The predicted molar refractivity (Wildman–Crippen MR) is 102 cm³/mol. The smallest absolute Gasteiger partial charge is 0.118 e. The SMILES string of the molecule is COc1ccc(CN(CCc2ccccn2)CC2(C)CCNC2)cc1. The Bertz CT molecular complexity index is 636. The molecule has 0 bridgehead atoms. The second-order valence-corrected chi connectivity index (χ2v) is 7.37. The van der Waals surface area contributed by atoms with Crippen LogP contribution < -0.4 is 10.1 Å². The Kier molecular flexibility index (Phi) is 6.05. The predicted octanol–water partition coefficient (Wildman–Crippen LogP) is 3.13. The van der Waals surface area contributed by atoms with Gasteiger partial charge in [-0.15, -0.1) is 0 Å². The first kappa shape index (κ1) is 17.9. The Balaban J connectivity index is 1.66. The Morgan fingerprint density at radius 1 is 1.20 bits per heavy atom. The third-order valence-electron chi connectivity index (χ3n) is 5.04. The summed E-state index contributed by atoms with van der Waals surface area (Å²) in [6.07, 6.45) is 4.11. The fraction of sp³-hybridized carbons (Fsp3) is 0.476. The van der Waals surface area contributed by atoms with Crippen molar-refractivity contribution < 1.29 is 4.74 Å². The highest BCUT2D eigenvalue weighted by molar-refractivity contribution is 5.27. The molecule has 1 N–H and O–H groups in total. The zero-order valence-electron chi connectivity index (χ0n) is 15.4. The number of benzene rings is 1. The van der Waals surface area contributed by atoms with E-state index in [4.69, 9.17) is 4.74 Å². The second kappa shape index (κ2) is 8.45. The minimum Gasteiger partial charge on any atom is -0.497 e. The normalized spacial score (nSPS) is 20.1. The van der Waals surface area contributed by atoms with E-state index in [0.29, 0.717) is 5.41 Å². The van der Waals surface area contributed by atoms with E-state index in [2.05, 4.69) is 46.4 Å². The van der Waals surface area contributed by atoms with Crippen LogP contribution in [0.25, 0.3) is 0 Å². The van der Waals surface area contributed by atoms with Crippen LogP contribution in [-0.2, 0) is 13.0 Å². The molecule has 0 saturated carbocycles. The van der Waals surface area contributed by atoms with Crippen molar-refractivity contribution in [1.82, 2.24) is 15.2 Å². The first-order chi connectivity index (χ1) is 12.2. The molecule has 1 fully saturated rings. The number of ether oxygens (including phenoxy) is 1. The monoisotopic (exact) mass is 339 g/mol. The quantitative estimate of drug-likeness (QED) is 0.802. The number of methoxy groups -OCH3 is 1. The molecule has 1 unspecified atom stereocenters. The lowest BCUT2D eigenvalue weighted by atomic mass is 9.89. The molecule has 1 aliphatic rings.